The first-order valence-electron chi connectivity index (χ1n) is 10.5. The van der Waals surface area contributed by atoms with Crippen molar-refractivity contribution >= 4 is 51.6 Å². The number of allylic oxidation sites excluding steroid dienone is 2. The van der Waals surface area contributed by atoms with Crippen LogP contribution in [-0.4, -0.2) is 28.5 Å². The van der Waals surface area contributed by atoms with Crippen molar-refractivity contribution in [1.82, 2.24) is 0 Å². The van der Waals surface area contributed by atoms with Gasteiger partial charge in [-0.15, -0.1) is 0 Å². The van der Waals surface area contributed by atoms with Crippen molar-refractivity contribution in [2.45, 2.75) is 23.7 Å². The lowest BCUT2D eigenvalue weighted by atomic mass is 9.99. The molecular formula is C26H25ClINO4. The van der Waals surface area contributed by atoms with Crippen LogP contribution in [0.15, 0.2) is 72.5 Å². The molecule has 0 aliphatic heterocycles. The third-order valence-electron chi connectivity index (χ3n) is 5.23. The first kappa shape index (κ1) is 25.1. The van der Waals surface area contributed by atoms with Crippen molar-refractivity contribution in [2.75, 3.05) is 6.61 Å². The highest BCUT2D eigenvalue weighted by molar-refractivity contribution is 14.1. The number of aliphatic hydroxyl groups excluding tert-OH is 1. The maximum Gasteiger partial charge on any atom is 0.336 e. The number of rotatable bonds is 11. The molecule has 3 rings (SSSR count). The highest BCUT2D eigenvalue weighted by Crippen LogP contribution is 2.30. The fraction of sp³-hybridized carbons (Fsp3) is 0.231. The number of aliphatic imine (C=N–C) groups is 1. The van der Waals surface area contributed by atoms with Crippen LogP contribution in [0.1, 0.15) is 46.3 Å². The number of benzene rings is 2. The predicted molar refractivity (Wildman–Crippen MR) is 142 cm³/mol. The summed E-state index contributed by atoms with van der Waals surface area (Å²) in [6, 6.07) is 10.7. The summed E-state index contributed by atoms with van der Waals surface area (Å²) >= 11 is 8.62. The van der Waals surface area contributed by atoms with E-state index in [4.69, 9.17) is 16.3 Å². The Morgan fingerprint density at radius 3 is 2.48 bits per heavy atom. The van der Waals surface area contributed by atoms with Gasteiger partial charge >= 0.3 is 5.97 Å². The minimum Gasteiger partial charge on any atom is -0.508 e. The SMILES string of the molecule is C=C/C(O)=C/CC(=NC(=C)c1ccc(OCC2CC2)cc1)c1cc(C(=O)O)c(CI)cc1Cl. The van der Waals surface area contributed by atoms with Gasteiger partial charge in [-0.25, -0.2) is 4.79 Å². The molecule has 5 nitrogen and oxygen atoms in total. The number of nitrogens with zero attached hydrogens (tertiary/aromatic N) is 1. The Hall–Kier alpha value is -2.58. The fourth-order valence-electron chi connectivity index (χ4n) is 3.12. The topological polar surface area (TPSA) is 79.1 Å². The first-order valence-corrected chi connectivity index (χ1v) is 12.4. The van der Waals surface area contributed by atoms with E-state index in [1.54, 1.807) is 6.07 Å². The van der Waals surface area contributed by atoms with Gasteiger partial charge in [0, 0.05) is 21.4 Å². The largest absolute Gasteiger partial charge is 0.508 e. The van der Waals surface area contributed by atoms with Crippen molar-refractivity contribution in [3.63, 3.8) is 0 Å². The molecule has 0 unspecified atom stereocenters. The third-order valence-corrected chi connectivity index (χ3v) is 6.37. The minimum atomic E-state index is -1.04. The maximum atomic E-state index is 11.8. The van der Waals surface area contributed by atoms with Crippen LogP contribution < -0.4 is 4.74 Å². The molecule has 2 aromatic rings. The molecule has 0 amide bonds. The number of aliphatic hydroxyl groups is 1. The molecule has 1 saturated carbocycles. The summed E-state index contributed by atoms with van der Waals surface area (Å²) in [5, 5.41) is 19.9. The summed E-state index contributed by atoms with van der Waals surface area (Å²) < 4.78 is 6.29. The average Bonchev–Trinajstić information content (AvgIpc) is 3.64. The highest BCUT2D eigenvalue weighted by Gasteiger charge is 2.22. The predicted octanol–water partition coefficient (Wildman–Crippen LogP) is 7.24. The van der Waals surface area contributed by atoms with Crippen LogP contribution in [0.3, 0.4) is 0 Å². The lowest BCUT2D eigenvalue weighted by Gasteiger charge is -2.13. The molecule has 172 valence electrons. The van der Waals surface area contributed by atoms with Crippen molar-refractivity contribution in [2.24, 2.45) is 10.9 Å². The molecule has 2 aromatic carbocycles. The van der Waals surface area contributed by atoms with Gasteiger partial charge in [0.25, 0.3) is 0 Å². The van der Waals surface area contributed by atoms with Gasteiger partial charge in [-0.05, 0) is 78.4 Å². The van der Waals surface area contributed by atoms with Crippen LogP contribution in [0.2, 0.25) is 5.02 Å². The van der Waals surface area contributed by atoms with E-state index in [-0.39, 0.29) is 17.7 Å². The molecule has 0 spiro atoms. The zero-order valence-electron chi connectivity index (χ0n) is 18.1. The number of aromatic carboxylic acids is 1. The Kier molecular flexibility index (Phi) is 8.74. The van der Waals surface area contributed by atoms with Crippen LogP contribution in [0, 0.1) is 5.92 Å². The van der Waals surface area contributed by atoms with Crippen LogP contribution in [0.5, 0.6) is 5.75 Å². The smallest absolute Gasteiger partial charge is 0.336 e. The molecule has 2 N–H and O–H groups in total. The van der Waals surface area contributed by atoms with Gasteiger partial charge < -0.3 is 14.9 Å². The fourth-order valence-corrected chi connectivity index (χ4v) is 4.04. The normalized spacial score (nSPS) is 14.1. The summed E-state index contributed by atoms with van der Waals surface area (Å²) in [6.45, 7) is 8.36. The Morgan fingerprint density at radius 2 is 1.91 bits per heavy atom. The maximum absolute atomic E-state index is 11.8. The molecule has 0 radical (unpaired) electrons. The van der Waals surface area contributed by atoms with Gasteiger partial charge in [-0.3, -0.25) is 4.99 Å². The number of alkyl halides is 1. The molecule has 0 heterocycles. The average molecular weight is 578 g/mol. The van der Waals surface area contributed by atoms with Gasteiger partial charge in [0.1, 0.15) is 11.5 Å². The Labute approximate surface area is 212 Å². The van der Waals surface area contributed by atoms with Crippen LogP contribution in [-0.2, 0) is 4.43 Å². The van der Waals surface area contributed by atoms with Gasteiger partial charge in [-0.2, -0.15) is 0 Å². The van der Waals surface area contributed by atoms with Crippen molar-refractivity contribution in [3.8, 4) is 5.75 Å². The molecule has 0 bridgehead atoms. The van der Waals surface area contributed by atoms with E-state index in [1.807, 2.05) is 24.3 Å². The lowest BCUT2D eigenvalue weighted by Crippen LogP contribution is -2.08. The number of hydrogen-bond donors (Lipinski definition) is 2. The number of carboxylic acids is 1. The molecule has 33 heavy (non-hydrogen) atoms. The van der Waals surface area contributed by atoms with E-state index in [0.29, 0.717) is 37.9 Å². The second kappa shape index (κ2) is 11.5. The lowest BCUT2D eigenvalue weighted by molar-refractivity contribution is 0.0696. The van der Waals surface area contributed by atoms with Crippen molar-refractivity contribution < 1.29 is 19.7 Å². The molecular weight excluding hydrogens is 553 g/mol. The standard InChI is InChI=1S/C26H25ClINO4/c1-3-20(30)8-11-25(23-13-22(26(31)32)19(14-28)12-24(23)27)29-16(2)18-6-9-21(10-7-18)33-15-17-4-5-17/h3,6-10,12-13,17,30H,1-2,4-5,11,14-15H2,(H,31,32)/b20-8-,29-25?. The Bertz CT molecular complexity index is 1120. The van der Waals surface area contributed by atoms with E-state index >= 15 is 0 Å². The molecule has 0 atom stereocenters. The molecule has 0 saturated heterocycles. The number of halogens is 2. The molecule has 1 aliphatic carbocycles. The molecule has 7 heteroatoms. The summed E-state index contributed by atoms with van der Waals surface area (Å²) in [7, 11) is 0. The highest BCUT2D eigenvalue weighted by atomic mass is 127. The van der Waals surface area contributed by atoms with Crippen LogP contribution in [0.4, 0.5) is 0 Å². The minimum absolute atomic E-state index is 0.0102. The molecule has 1 aliphatic rings. The number of hydrogen-bond acceptors (Lipinski definition) is 4. The van der Waals surface area contributed by atoms with Crippen molar-refractivity contribution in [1.29, 1.82) is 0 Å². The van der Waals surface area contributed by atoms with Gasteiger partial charge in [-0.1, -0.05) is 47.3 Å². The summed E-state index contributed by atoms with van der Waals surface area (Å²) in [6.07, 6.45) is 5.52. The van der Waals surface area contributed by atoms with Crippen molar-refractivity contribution in [3.05, 3.63) is 94.7 Å². The zero-order chi connectivity index (χ0) is 24.0. The van der Waals surface area contributed by atoms with Crippen LogP contribution >= 0.6 is 34.2 Å². The van der Waals surface area contributed by atoms with Crippen LogP contribution in [0.25, 0.3) is 5.70 Å². The quantitative estimate of drug-likeness (QED) is 0.0970. The summed E-state index contributed by atoms with van der Waals surface area (Å²) in [5.41, 5.74) is 3.02. The van der Waals surface area contributed by atoms with E-state index in [0.717, 1.165) is 17.9 Å². The molecule has 1 fully saturated rings. The van der Waals surface area contributed by atoms with E-state index < -0.39 is 5.97 Å². The molecule has 0 aromatic heterocycles. The number of carboxylic acid groups (broad SMARTS) is 1. The Morgan fingerprint density at radius 1 is 1.21 bits per heavy atom. The number of carbonyl (C=O) groups is 1. The van der Waals surface area contributed by atoms with E-state index in [9.17, 15) is 15.0 Å². The Balaban J connectivity index is 1.94. The monoisotopic (exact) mass is 577 g/mol. The zero-order valence-corrected chi connectivity index (χ0v) is 21.0. The van der Waals surface area contributed by atoms with Gasteiger partial charge in [0.15, 0.2) is 0 Å². The first-order chi connectivity index (χ1) is 15.8. The number of ether oxygens (including phenoxy) is 1. The van der Waals surface area contributed by atoms with E-state index in [2.05, 4.69) is 40.7 Å². The third kappa shape index (κ3) is 6.95. The van der Waals surface area contributed by atoms with Gasteiger partial charge in [0.05, 0.1) is 23.6 Å². The second-order valence-corrected chi connectivity index (χ2v) is 8.92. The second-order valence-electron chi connectivity index (χ2n) is 7.75. The van der Waals surface area contributed by atoms with Gasteiger partial charge in [0.2, 0.25) is 0 Å². The summed E-state index contributed by atoms with van der Waals surface area (Å²) in [5.74, 6) is 0.420. The van der Waals surface area contributed by atoms with E-state index in [1.165, 1.54) is 31.1 Å². The summed E-state index contributed by atoms with van der Waals surface area (Å²) in [4.78, 5) is 16.4.